The third kappa shape index (κ3) is 6.19. The standard InChI is InChI=1S/C18H27O8P/c1-18(2)25-16(14(19)11-24-10-13-8-6-5-7-9-13)17(26-18)15(20)12-27(21,22-3)23-4/h5-9,14,16-17,19H,10-12H2,1-4H3/t14-,16?,17+/m1/s1. The molecule has 2 rings (SSSR count). The van der Waals surface area contributed by atoms with E-state index in [1.54, 1.807) is 13.8 Å². The van der Waals surface area contributed by atoms with Crippen molar-refractivity contribution in [1.29, 1.82) is 0 Å². The molecule has 1 heterocycles. The van der Waals surface area contributed by atoms with Crippen LogP contribution in [0.25, 0.3) is 0 Å². The van der Waals surface area contributed by atoms with Crippen LogP contribution < -0.4 is 0 Å². The Labute approximate surface area is 159 Å². The van der Waals surface area contributed by atoms with Gasteiger partial charge in [-0.25, -0.2) is 0 Å². The van der Waals surface area contributed by atoms with Gasteiger partial charge in [0.1, 0.15) is 24.5 Å². The van der Waals surface area contributed by atoms with Gasteiger partial charge in [-0.05, 0) is 19.4 Å². The number of carbonyl (C=O) groups is 1. The topological polar surface area (TPSA) is 101 Å². The summed E-state index contributed by atoms with van der Waals surface area (Å²) in [5, 5.41) is 10.5. The van der Waals surface area contributed by atoms with Crippen LogP contribution in [-0.2, 0) is 39.2 Å². The van der Waals surface area contributed by atoms with Crippen LogP contribution in [0.1, 0.15) is 19.4 Å². The van der Waals surface area contributed by atoms with E-state index in [9.17, 15) is 14.5 Å². The van der Waals surface area contributed by atoms with Crippen LogP contribution in [0.4, 0.5) is 0 Å². The average Bonchev–Trinajstić information content (AvgIpc) is 2.98. The Morgan fingerprint density at radius 1 is 1.22 bits per heavy atom. The van der Waals surface area contributed by atoms with Crippen LogP contribution in [0.15, 0.2) is 30.3 Å². The van der Waals surface area contributed by atoms with Gasteiger partial charge in [0, 0.05) is 14.2 Å². The highest BCUT2D eigenvalue weighted by atomic mass is 31.2. The zero-order valence-corrected chi connectivity index (χ0v) is 16.9. The molecule has 0 spiro atoms. The molecule has 0 amide bonds. The number of Topliss-reactive ketones (excluding diaryl/α,β-unsaturated/α-hetero) is 1. The third-order valence-corrected chi connectivity index (χ3v) is 5.94. The molecule has 0 saturated carbocycles. The highest BCUT2D eigenvalue weighted by Crippen LogP contribution is 2.47. The minimum absolute atomic E-state index is 0.0466. The molecule has 152 valence electrons. The number of benzene rings is 1. The van der Waals surface area contributed by atoms with Gasteiger partial charge in [-0.1, -0.05) is 30.3 Å². The molecular weight excluding hydrogens is 375 g/mol. The predicted molar refractivity (Wildman–Crippen MR) is 97.4 cm³/mol. The molecule has 0 aromatic heterocycles. The van der Waals surface area contributed by atoms with E-state index in [4.69, 9.17) is 23.3 Å². The van der Waals surface area contributed by atoms with Gasteiger partial charge in [-0.2, -0.15) is 0 Å². The van der Waals surface area contributed by atoms with Gasteiger partial charge in [0.2, 0.25) is 0 Å². The van der Waals surface area contributed by atoms with E-state index in [2.05, 4.69) is 0 Å². The minimum Gasteiger partial charge on any atom is -0.388 e. The van der Waals surface area contributed by atoms with E-state index >= 15 is 0 Å². The summed E-state index contributed by atoms with van der Waals surface area (Å²) in [6.07, 6.45) is -3.63. The SMILES string of the molecule is COP(=O)(CC(=O)[C@@H]1OC(C)(C)OC1[C@H](O)COCc1ccccc1)OC. The summed E-state index contributed by atoms with van der Waals surface area (Å²) >= 11 is 0. The minimum atomic E-state index is -3.55. The molecule has 9 heteroatoms. The number of ketones is 1. The second-order valence-corrected chi connectivity index (χ2v) is 8.96. The molecule has 1 fully saturated rings. The van der Waals surface area contributed by atoms with Crippen molar-refractivity contribution in [2.75, 3.05) is 27.0 Å². The van der Waals surface area contributed by atoms with E-state index in [0.717, 1.165) is 5.56 Å². The number of hydrogen-bond donors (Lipinski definition) is 1. The normalized spacial score (nSPS) is 23.3. The van der Waals surface area contributed by atoms with Gasteiger partial charge >= 0.3 is 7.60 Å². The zero-order valence-electron chi connectivity index (χ0n) is 16.0. The number of hydrogen-bond acceptors (Lipinski definition) is 8. The van der Waals surface area contributed by atoms with Gasteiger partial charge in [-0.15, -0.1) is 0 Å². The van der Waals surface area contributed by atoms with Crippen molar-refractivity contribution in [2.45, 2.75) is 44.6 Å². The first kappa shape index (κ1) is 22.2. The first-order valence-corrected chi connectivity index (χ1v) is 10.3. The fourth-order valence-electron chi connectivity index (χ4n) is 2.77. The van der Waals surface area contributed by atoms with Gasteiger partial charge in [-0.3, -0.25) is 9.36 Å². The fourth-order valence-corrected chi connectivity index (χ4v) is 3.74. The molecule has 1 aromatic rings. The highest BCUT2D eigenvalue weighted by molar-refractivity contribution is 7.54. The molecule has 1 N–H and O–H groups in total. The zero-order chi connectivity index (χ0) is 20.1. The lowest BCUT2D eigenvalue weighted by atomic mass is 10.1. The summed E-state index contributed by atoms with van der Waals surface area (Å²) in [5.41, 5.74) is 0.961. The predicted octanol–water partition coefficient (Wildman–Crippen LogP) is 2.14. The van der Waals surface area contributed by atoms with E-state index < -0.39 is 43.6 Å². The maximum atomic E-state index is 12.6. The highest BCUT2D eigenvalue weighted by Gasteiger charge is 2.49. The van der Waals surface area contributed by atoms with Gasteiger partial charge in [0.05, 0.1) is 13.2 Å². The third-order valence-electron chi connectivity index (χ3n) is 4.13. The lowest BCUT2D eigenvalue weighted by molar-refractivity contribution is -0.161. The fraction of sp³-hybridized carbons (Fsp3) is 0.611. The van der Waals surface area contributed by atoms with Crippen LogP contribution in [0.2, 0.25) is 0 Å². The number of ether oxygens (including phenoxy) is 3. The number of carbonyl (C=O) groups excluding carboxylic acids is 1. The quantitative estimate of drug-likeness (QED) is 0.594. The Bertz CT molecular complexity index is 655. The van der Waals surface area contributed by atoms with Crippen molar-refractivity contribution in [3.8, 4) is 0 Å². The van der Waals surface area contributed by atoms with E-state index in [-0.39, 0.29) is 6.61 Å². The summed E-state index contributed by atoms with van der Waals surface area (Å²) in [7, 11) is -1.14. The summed E-state index contributed by atoms with van der Waals surface area (Å²) in [5.74, 6) is -1.60. The smallest absolute Gasteiger partial charge is 0.337 e. The largest absolute Gasteiger partial charge is 0.388 e. The van der Waals surface area contributed by atoms with Gasteiger partial charge in [0.25, 0.3) is 0 Å². The van der Waals surface area contributed by atoms with Crippen molar-refractivity contribution in [1.82, 2.24) is 0 Å². The Kier molecular flexibility index (Phi) is 7.71. The molecule has 1 aromatic carbocycles. The van der Waals surface area contributed by atoms with Crippen LogP contribution in [0.5, 0.6) is 0 Å². The van der Waals surface area contributed by atoms with Crippen molar-refractivity contribution in [3.63, 3.8) is 0 Å². The van der Waals surface area contributed by atoms with Crippen molar-refractivity contribution < 1.29 is 37.7 Å². The maximum absolute atomic E-state index is 12.6. The van der Waals surface area contributed by atoms with Crippen LogP contribution >= 0.6 is 7.60 Å². The molecule has 0 radical (unpaired) electrons. The van der Waals surface area contributed by atoms with E-state index in [1.165, 1.54) is 14.2 Å². The first-order chi connectivity index (χ1) is 12.7. The van der Waals surface area contributed by atoms with Crippen LogP contribution in [-0.4, -0.2) is 62.0 Å². The number of aliphatic hydroxyl groups excluding tert-OH is 1. The summed E-state index contributed by atoms with van der Waals surface area (Å²) < 4.78 is 38.7. The Morgan fingerprint density at radius 2 is 1.85 bits per heavy atom. The lowest BCUT2D eigenvalue weighted by Crippen LogP contribution is -2.43. The van der Waals surface area contributed by atoms with Gasteiger partial charge < -0.3 is 28.4 Å². The monoisotopic (exact) mass is 402 g/mol. The summed E-state index contributed by atoms with van der Waals surface area (Å²) in [6.45, 7) is 3.54. The Hall–Kier alpha value is -1.12. The van der Waals surface area contributed by atoms with Crippen LogP contribution in [0, 0.1) is 0 Å². The number of aliphatic hydroxyl groups is 1. The lowest BCUT2D eigenvalue weighted by Gasteiger charge is -2.22. The molecule has 27 heavy (non-hydrogen) atoms. The summed E-state index contributed by atoms with van der Waals surface area (Å²) in [6, 6.07) is 9.50. The van der Waals surface area contributed by atoms with Crippen LogP contribution in [0.3, 0.4) is 0 Å². The van der Waals surface area contributed by atoms with Crippen molar-refractivity contribution in [3.05, 3.63) is 35.9 Å². The molecular formula is C18H27O8P. The van der Waals surface area contributed by atoms with Gasteiger partial charge in [0.15, 0.2) is 11.6 Å². The van der Waals surface area contributed by atoms with Crippen molar-refractivity contribution in [2.24, 2.45) is 0 Å². The molecule has 1 aliphatic rings. The van der Waals surface area contributed by atoms with E-state index in [0.29, 0.717) is 6.61 Å². The average molecular weight is 402 g/mol. The second-order valence-electron chi connectivity index (χ2n) is 6.69. The molecule has 1 unspecified atom stereocenters. The second kappa shape index (κ2) is 9.39. The molecule has 0 bridgehead atoms. The molecule has 3 atom stereocenters. The summed E-state index contributed by atoms with van der Waals surface area (Å²) in [4.78, 5) is 12.6. The number of rotatable bonds is 10. The van der Waals surface area contributed by atoms with E-state index in [1.807, 2.05) is 30.3 Å². The maximum Gasteiger partial charge on any atom is 0.337 e. The molecule has 1 aliphatic heterocycles. The first-order valence-electron chi connectivity index (χ1n) is 8.58. The Balaban J connectivity index is 1.99. The van der Waals surface area contributed by atoms with Crippen molar-refractivity contribution >= 4 is 13.4 Å². The molecule has 0 aliphatic carbocycles. The molecule has 1 saturated heterocycles. The molecule has 8 nitrogen and oxygen atoms in total. The Morgan fingerprint density at radius 3 is 2.44 bits per heavy atom.